The summed E-state index contributed by atoms with van der Waals surface area (Å²) in [5.41, 5.74) is 0. The highest BCUT2D eigenvalue weighted by Gasteiger charge is 2.27. The maximum Gasteiger partial charge on any atom is 0.315 e. The minimum Gasteiger partial charge on any atom is -0.481 e. The van der Waals surface area contributed by atoms with Crippen LogP contribution in [0.2, 0.25) is 0 Å². The number of unbranched alkanes of at least 4 members (excludes halogenated alkanes) is 2. The van der Waals surface area contributed by atoms with Crippen molar-refractivity contribution in [2.24, 2.45) is 5.92 Å². The molecule has 0 aromatic heterocycles. The smallest absolute Gasteiger partial charge is 0.315 e. The molecule has 5 heteroatoms. The second-order valence-electron chi connectivity index (χ2n) is 5.01. The van der Waals surface area contributed by atoms with Crippen LogP contribution in [0.3, 0.4) is 0 Å². The van der Waals surface area contributed by atoms with Crippen molar-refractivity contribution in [3.63, 3.8) is 0 Å². The Morgan fingerprint density at radius 3 is 2.72 bits per heavy atom. The third-order valence-electron chi connectivity index (χ3n) is 3.42. The Labute approximate surface area is 108 Å². The first-order valence-electron chi connectivity index (χ1n) is 6.90. The van der Waals surface area contributed by atoms with Gasteiger partial charge in [0, 0.05) is 12.6 Å². The molecular formula is C13H24N2O3. The van der Waals surface area contributed by atoms with Crippen LogP contribution in [0.4, 0.5) is 4.79 Å². The van der Waals surface area contributed by atoms with E-state index in [0.717, 1.165) is 38.5 Å². The van der Waals surface area contributed by atoms with Crippen molar-refractivity contribution < 1.29 is 14.7 Å². The first kappa shape index (κ1) is 14.8. The van der Waals surface area contributed by atoms with Gasteiger partial charge in [0.15, 0.2) is 0 Å². The van der Waals surface area contributed by atoms with Gasteiger partial charge in [0.2, 0.25) is 0 Å². The number of aliphatic carboxylic acids is 1. The van der Waals surface area contributed by atoms with Crippen LogP contribution in [-0.4, -0.2) is 29.7 Å². The topological polar surface area (TPSA) is 78.4 Å². The molecule has 0 spiro atoms. The van der Waals surface area contributed by atoms with Crippen LogP contribution >= 0.6 is 0 Å². The molecular weight excluding hydrogens is 232 g/mol. The van der Waals surface area contributed by atoms with E-state index >= 15 is 0 Å². The molecule has 5 nitrogen and oxygen atoms in total. The van der Waals surface area contributed by atoms with E-state index in [-0.39, 0.29) is 18.0 Å². The Bertz CT molecular complexity index is 281. The van der Waals surface area contributed by atoms with Gasteiger partial charge in [-0.05, 0) is 25.7 Å². The number of carbonyl (C=O) groups excluding carboxylic acids is 1. The van der Waals surface area contributed by atoms with Gasteiger partial charge in [0.25, 0.3) is 0 Å². The lowest BCUT2D eigenvalue weighted by atomic mass is 9.86. The van der Waals surface area contributed by atoms with Crippen molar-refractivity contribution in [1.82, 2.24) is 10.6 Å². The normalized spacial score (nSPS) is 23.4. The zero-order valence-electron chi connectivity index (χ0n) is 11.1. The molecule has 1 aliphatic carbocycles. The maximum atomic E-state index is 11.6. The number of carboxylic acids is 1. The zero-order chi connectivity index (χ0) is 13.4. The molecule has 1 fully saturated rings. The lowest BCUT2D eigenvalue weighted by Crippen LogP contribution is -2.45. The Kier molecular flexibility index (Phi) is 6.54. The second kappa shape index (κ2) is 7.95. The van der Waals surface area contributed by atoms with Gasteiger partial charge in [-0.15, -0.1) is 0 Å². The molecule has 0 heterocycles. The van der Waals surface area contributed by atoms with Crippen molar-refractivity contribution in [2.75, 3.05) is 6.54 Å². The van der Waals surface area contributed by atoms with Crippen LogP contribution in [0, 0.1) is 5.92 Å². The lowest BCUT2D eigenvalue weighted by Gasteiger charge is -2.27. The third kappa shape index (κ3) is 5.38. The summed E-state index contributed by atoms with van der Waals surface area (Å²) in [4.78, 5) is 22.5. The van der Waals surface area contributed by atoms with Gasteiger partial charge in [-0.2, -0.15) is 0 Å². The fourth-order valence-electron chi connectivity index (χ4n) is 2.36. The highest BCUT2D eigenvalue weighted by atomic mass is 16.4. The molecule has 18 heavy (non-hydrogen) atoms. The summed E-state index contributed by atoms with van der Waals surface area (Å²) in [6.45, 7) is 2.81. The van der Waals surface area contributed by atoms with E-state index in [1.165, 1.54) is 0 Å². The standard InChI is InChI=1S/C13H24N2O3/c1-2-3-4-8-14-13(18)15-11-7-5-6-10(9-11)12(16)17/h10-11H,2-9H2,1H3,(H,16,17)(H2,14,15,18). The first-order valence-corrected chi connectivity index (χ1v) is 6.90. The van der Waals surface area contributed by atoms with E-state index in [1.54, 1.807) is 0 Å². The molecule has 1 rings (SSSR count). The predicted molar refractivity (Wildman–Crippen MR) is 69.4 cm³/mol. The van der Waals surface area contributed by atoms with Crippen molar-refractivity contribution in [1.29, 1.82) is 0 Å². The fourth-order valence-corrected chi connectivity index (χ4v) is 2.36. The van der Waals surface area contributed by atoms with Crippen LogP contribution < -0.4 is 10.6 Å². The van der Waals surface area contributed by atoms with E-state index < -0.39 is 5.97 Å². The third-order valence-corrected chi connectivity index (χ3v) is 3.42. The molecule has 2 amide bonds. The quantitative estimate of drug-likeness (QED) is 0.637. The van der Waals surface area contributed by atoms with Gasteiger partial charge in [-0.1, -0.05) is 26.2 Å². The van der Waals surface area contributed by atoms with Crippen LogP contribution in [0.25, 0.3) is 0 Å². The van der Waals surface area contributed by atoms with Crippen LogP contribution in [0.1, 0.15) is 51.9 Å². The molecule has 0 bridgehead atoms. The Morgan fingerprint density at radius 2 is 2.06 bits per heavy atom. The number of nitrogens with one attached hydrogen (secondary N) is 2. The van der Waals surface area contributed by atoms with Crippen molar-refractivity contribution in [3.05, 3.63) is 0 Å². The number of hydrogen-bond donors (Lipinski definition) is 3. The highest BCUT2D eigenvalue weighted by molar-refractivity contribution is 5.74. The van der Waals surface area contributed by atoms with E-state index in [4.69, 9.17) is 5.11 Å². The average molecular weight is 256 g/mol. The minimum absolute atomic E-state index is 0.00558. The largest absolute Gasteiger partial charge is 0.481 e. The molecule has 1 saturated carbocycles. The molecule has 0 radical (unpaired) electrons. The van der Waals surface area contributed by atoms with Crippen molar-refractivity contribution >= 4 is 12.0 Å². The van der Waals surface area contributed by atoms with Gasteiger partial charge in [0.1, 0.15) is 0 Å². The maximum absolute atomic E-state index is 11.6. The number of hydrogen-bond acceptors (Lipinski definition) is 2. The van der Waals surface area contributed by atoms with Gasteiger partial charge < -0.3 is 15.7 Å². The van der Waals surface area contributed by atoms with Crippen LogP contribution in [0.15, 0.2) is 0 Å². The Hall–Kier alpha value is -1.26. The number of urea groups is 1. The van der Waals surface area contributed by atoms with Crippen LogP contribution in [-0.2, 0) is 4.79 Å². The Balaban J connectivity index is 2.20. The predicted octanol–water partition coefficient (Wildman–Crippen LogP) is 2.12. The molecule has 0 aliphatic heterocycles. The summed E-state index contributed by atoms with van der Waals surface area (Å²) < 4.78 is 0. The van der Waals surface area contributed by atoms with Gasteiger partial charge in [0.05, 0.1) is 5.92 Å². The summed E-state index contributed by atoms with van der Waals surface area (Å²) in [6, 6.07) is -0.159. The monoisotopic (exact) mass is 256 g/mol. The average Bonchev–Trinajstić information content (AvgIpc) is 2.35. The molecule has 0 aromatic rings. The van der Waals surface area contributed by atoms with Crippen LogP contribution in [0.5, 0.6) is 0 Å². The molecule has 3 N–H and O–H groups in total. The number of amides is 2. The molecule has 2 unspecified atom stereocenters. The highest BCUT2D eigenvalue weighted by Crippen LogP contribution is 2.24. The van der Waals surface area contributed by atoms with E-state index in [0.29, 0.717) is 13.0 Å². The molecule has 2 atom stereocenters. The van der Waals surface area contributed by atoms with Gasteiger partial charge in [-0.3, -0.25) is 4.79 Å². The van der Waals surface area contributed by atoms with Crippen molar-refractivity contribution in [3.8, 4) is 0 Å². The van der Waals surface area contributed by atoms with E-state index in [1.807, 2.05) is 0 Å². The van der Waals surface area contributed by atoms with Gasteiger partial charge >= 0.3 is 12.0 Å². The first-order chi connectivity index (χ1) is 8.63. The summed E-state index contributed by atoms with van der Waals surface area (Å²) >= 11 is 0. The molecule has 104 valence electrons. The number of rotatable bonds is 6. The van der Waals surface area contributed by atoms with E-state index in [9.17, 15) is 9.59 Å². The Morgan fingerprint density at radius 1 is 1.28 bits per heavy atom. The summed E-state index contributed by atoms with van der Waals surface area (Å²) in [6.07, 6.45) is 6.27. The van der Waals surface area contributed by atoms with Gasteiger partial charge in [-0.25, -0.2) is 4.79 Å². The summed E-state index contributed by atoms with van der Waals surface area (Å²) in [7, 11) is 0. The molecule has 0 aromatic carbocycles. The SMILES string of the molecule is CCCCCNC(=O)NC1CCCC(C(=O)O)C1. The number of carbonyl (C=O) groups is 2. The molecule has 0 saturated heterocycles. The van der Waals surface area contributed by atoms with Crippen molar-refractivity contribution in [2.45, 2.75) is 57.9 Å². The summed E-state index contributed by atoms with van der Waals surface area (Å²) in [5.74, 6) is -1.05. The summed E-state index contributed by atoms with van der Waals surface area (Å²) in [5, 5.41) is 14.6. The lowest BCUT2D eigenvalue weighted by molar-refractivity contribution is -0.143. The fraction of sp³-hybridized carbons (Fsp3) is 0.846. The number of carboxylic acid groups (broad SMARTS) is 1. The second-order valence-corrected chi connectivity index (χ2v) is 5.01. The van der Waals surface area contributed by atoms with E-state index in [2.05, 4.69) is 17.6 Å². The zero-order valence-corrected chi connectivity index (χ0v) is 11.1. The minimum atomic E-state index is -0.746. The molecule has 1 aliphatic rings.